The van der Waals surface area contributed by atoms with Crippen molar-refractivity contribution in [3.63, 3.8) is 0 Å². The number of hydrogen-bond acceptors (Lipinski definition) is 2. The Hall–Kier alpha value is -2.09. The molecule has 2 aromatic rings. The number of carbonyl (C=O) groups excluding carboxylic acids is 1. The molecule has 0 heterocycles. The molecule has 0 unspecified atom stereocenters. The fourth-order valence-corrected chi connectivity index (χ4v) is 1.78. The fourth-order valence-electron chi connectivity index (χ4n) is 1.78. The number of benzene rings is 2. The molecule has 0 N–H and O–H groups in total. The maximum absolute atomic E-state index is 12.0. The van der Waals surface area contributed by atoms with E-state index in [4.69, 9.17) is 4.74 Å². The number of para-hydroxylation sites is 1. The molecule has 0 radical (unpaired) electrons. The molecule has 1 atom stereocenters. The standard InChI is InChI=1S/C16H16O2/c1-13(18-15-10-6-3-7-11-15)12-16(17)14-8-4-2-5-9-14/h2-11,13H,12H2,1H3/t13-/m0/s1. The van der Waals surface area contributed by atoms with Crippen molar-refractivity contribution >= 4 is 5.78 Å². The molecule has 0 aliphatic carbocycles. The third-order valence-corrected chi connectivity index (χ3v) is 2.65. The molecule has 0 aliphatic heterocycles. The smallest absolute Gasteiger partial charge is 0.166 e. The average Bonchev–Trinajstić information content (AvgIpc) is 2.40. The van der Waals surface area contributed by atoms with Gasteiger partial charge >= 0.3 is 0 Å². The molecule has 2 rings (SSSR count). The van der Waals surface area contributed by atoms with Crippen LogP contribution in [0.2, 0.25) is 0 Å². The van der Waals surface area contributed by atoms with Crippen LogP contribution in [0.3, 0.4) is 0 Å². The van der Waals surface area contributed by atoms with Crippen LogP contribution in [0.4, 0.5) is 0 Å². The Bertz CT molecular complexity index is 491. The largest absolute Gasteiger partial charge is 0.490 e. The molecule has 0 saturated carbocycles. The highest BCUT2D eigenvalue weighted by Crippen LogP contribution is 2.14. The maximum Gasteiger partial charge on any atom is 0.166 e. The Labute approximate surface area is 107 Å². The molecule has 18 heavy (non-hydrogen) atoms. The summed E-state index contributed by atoms with van der Waals surface area (Å²) in [6, 6.07) is 18.9. The van der Waals surface area contributed by atoms with Gasteiger partial charge in [0.1, 0.15) is 11.9 Å². The van der Waals surface area contributed by atoms with Gasteiger partial charge in [0.15, 0.2) is 5.78 Å². The lowest BCUT2D eigenvalue weighted by atomic mass is 10.1. The molecule has 0 spiro atoms. The predicted octanol–water partition coefficient (Wildman–Crippen LogP) is 3.73. The monoisotopic (exact) mass is 240 g/mol. The molecular formula is C16H16O2. The lowest BCUT2D eigenvalue weighted by Crippen LogP contribution is -2.17. The van der Waals surface area contributed by atoms with Gasteiger partial charge in [-0.1, -0.05) is 48.5 Å². The van der Waals surface area contributed by atoms with Gasteiger partial charge in [0.05, 0.1) is 0 Å². The summed E-state index contributed by atoms with van der Waals surface area (Å²) in [5.41, 5.74) is 0.737. The van der Waals surface area contributed by atoms with Gasteiger partial charge in [-0.25, -0.2) is 0 Å². The first-order chi connectivity index (χ1) is 8.75. The predicted molar refractivity (Wildman–Crippen MR) is 71.9 cm³/mol. The number of ether oxygens (including phenoxy) is 1. The van der Waals surface area contributed by atoms with Gasteiger partial charge in [-0.15, -0.1) is 0 Å². The lowest BCUT2D eigenvalue weighted by molar-refractivity contribution is 0.0921. The third-order valence-electron chi connectivity index (χ3n) is 2.65. The highest BCUT2D eigenvalue weighted by atomic mass is 16.5. The Morgan fingerprint density at radius 3 is 2.17 bits per heavy atom. The summed E-state index contributed by atoms with van der Waals surface area (Å²) in [4.78, 5) is 12.0. The SMILES string of the molecule is C[C@@H](CC(=O)c1ccccc1)Oc1ccccc1. The van der Waals surface area contributed by atoms with E-state index in [1.807, 2.05) is 67.6 Å². The molecule has 2 heteroatoms. The van der Waals surface area contributed by atoms with Crippen LogP contribution in [0.1, 0.15) is 23.7 Å². The number of carbonyl (C=O) groups is 1. The summed E-state index contributed by atoms with van der Waals surface area (Å²) in [6.07, 6.45) is 0.263. The maximum atomic E-state index is 12.0. The van der Waals surface area contributed by atoms with Gasteiger partial charge < -0.3 is 4.74 Å². The molecule has 0 saturated heterocycles. The minimum atomic E-state index is -0.125. The van der Waals surface area contributed by atoms with Crippen LogP contribution in [-0.2, 0) is 0 Å². The molecule has 2 aromatic carbocycles. The first-order valence-corrected chi connectivity index (χ1v) is 6.05. The average molecular weight is 240 g/mol. The van der Waals surface area contributed by atoms with Gasteiger partial charge in [0.25, 0.3) is 0 Å². The van der Waals surface area contributed by atoms with Crippen LogP contribution < -0.4 is 4.74 Å². The molecule has 2 nitrogen and oxygen atoms in total. The van der Waals surface area contributed by atoms with E-state index in [9.17, 15) is 4.79 Å². The van der Waals surface area contributed by atoms with Gasteiger partial charge in [-0.2, -0.15) is 0 Å². The third kappa shape index (κ3) is 3.45. The molecule has 0 amide bonds. The summed E-state index contributed by atoms with van der Waals surface area (Å²) in [7, 11) is 0. The van der Waals surface area contributed by atoms with Crippen LogP contribution in [0.5, 0.6) is 5.75 Å². The highest BCUT2D eigenvalue weighted by Gasteiger charge is 2.12. The second-order valence-electron chi connectivity index (χ2n) is 4.23. The van der Waals surface area contributed by atoms with Gasteiger partial charge in [-0.05, 0) is 19.1 Å². The van der Waals surface area contributed by atoms with Crippen molar-refractivity contribution in [2.24, 2.45) is 0 Å². The van der Waals surface area contributed by atoms with E-state index in [-0.39, 0.29) is 11.9 Å². The molecular weight excluding hydrogens is 224 g/mol. The van der Waals surface area contributed by atoms with E-state index in [1.165, 1.54) is 0 Å². The second-order valence-corrected chi connectivity index (χ2v) is 4.23. The normalized spacial score (nSPS) is 11.8. The fraction of sp³-hybridized carbons (Fsp3) is 0.188. The van der Waals surface area contributed by atoms with Gasteiger partial charge in [-0.3, -0.25) is 4.79 Å². The van der Waals surface area contributed by atoms with E-state index in [0.29, 0.717) is 6.42 Å². The second kappa shape index (κ2) is 6.01. The van der Waals surface area contributed by atoms with Gasteiger partial charge in [0, 0.05) is 12.0 Å². The Morgan fingerprint density at radius 1 is 1.00 bits per heavy atom. The number of Topliss-reactive ketones (excluding diaryl/α,β-unsaturated/α-hetero) is 1. The van der Waals surface area contributed by atoms with E-state index < -0.39 is 0 Å². The van der Waals surface area contributed by atoms with Crippen LogP contribution in [-0.4, -0.2) is 11.9 Å². The van der Waals surface area contributed by atoms with Crippen molar-refractivity contribution in [1.29, 1.82) is 0 Å². The Kier molecular flexibility index (Phi) is 4.13. The lowest BCUT2D eigenvalue weighted by Gasteiger charge is -2.13. The quantitative estimate of drug-likeness (QED) is 0.744. The minimum absolute atomic E-state index is 0.110. The van der Waals surface area contributed by atoms with Crippen LogP contribution in [0.15, 0.2) is 60.7 Å². The molecule has 0 aromatic heterocycles. The van der Waals surface area contributed by atoms with Crippen LogP contribution in [0.25, 0.3) is 0 Å². The molecule has 0 fully saturated rings. The summed E-state index contributed by atoms with van der Waals surface area (Å²) < 4.78 is 5.69. The van der Waals surface area contributed by atoms with E-state index >= 15 is 0 Å². The Balaban J connectivity index is 1.92. The summed E-state index contributed by atoms with van der Waals surface area (Å²) >= 11 is 0. The number of ketones is 1. The topological polar surface area (TPSA) is 26.3 Å². The Morgan fingerprint density at radius 2 is 1.56 bits per heavy atom. The van der Waals surface area contributed by atoms with Crippen LogP contribution in [0, 0.1) is 0 Å². The zero-order chi connectivity index (χ0) is 12.8. The van der Waals surface area contributed by atoms with Crippen molar-refractivity contribution in [2.45, 2.75) is 19.4 Å². The molecule has 92 valence electrons. The summed E-state index contributed by atoms with van der Waals surface area (Å²) in [5.74, 6) is 0.907. The molecule has 0 bridgehead atoms. The van der Waals surface area contributed by atoms with E-state index in [2.05, 4.69) is 0 Å². The first kappa shape index (κ1) is 12.4. The summed E-state index contributed by atoms with van der Waals surface area (Å²) in [6.45, 7) is 1.91. The van der Waals surface area contributed by atoms with Crippen molar-refractivity contribution < 1.29 is 9.53 Å². The van der Waals surface area contributed by atoms with Gasteiger partial charge in [0.2, 0.25) is 0 Å². The zero-order valence-electron chi connectivity index (χ0n) is 10.4. The van der Waals surface area contributed by atoms with Crippen LogP contribution >= 0.6 is 0 Å². The van der Waals surface area contributed by atoms with Crippen molar-refractivity contribution in [2.75, 3.05) is 0 Å². The van der Waals surface area contributed by atoms with Crippen molar-refractivity contribution in [3.8, 4) is 5.75 Å². The van der Waals surface area contributed by atoms with E-state index in [0.717, 1.165) is 11.3 Å². The number of rotatable bonds is 5. The minimum Gasteiger partial charge on any atom is -0.490 e. The van der Waals surface area contributed by atoms with Crippen molar-refractivity contribution in [3.05, 3.63) is 66.2 Å². The van der Waals surface area contributed by atoms with E-state index in [1.54, 1.807) is 0 Å². The first-order valence-electron chi connectivity index (χ1n) is 6.05. The van der Waals surface area contributed by atoms with Crippen molar-refractivity contribution in [1.82, 2.24) is 0 Å². The molecule has 0 aliphatic rings. The zero-order valence-corrected chi connectivity index (χ0v) is 10.4. The number of hydrogen-bond donors (Lipinski definition) is 0. The summed E-state index contributed by atoms with van der Waals surface area (Å²) in [5, 5.41) is 0. The highest BCUT2D eigenvalue weighted by molar-refractivity contribution is 5.96.